The second kappa shape index (κ2) is 12.2. The molecular weight excluding hydrogens is 669 g/mol. The van der Waals surface area contributed by atoms with E-state index in [0.717, 1.165) is 71.7 Å². The monoisotopic (exact) mass is 702 g/mol. The summed E-state index contributed by atoms with van der Waals surface area (Å²) in [4.78, 5) is 0. The van der Waals surface area contributed by atoms with Gasteiger partial charge in [0, 0.05) is 32.7 Å². The van der Waals surface area contributed by atoms with E-state index in [1.54, 1.807) is 0 Å². The van der Waals surface area contributed by atoms with Gasteiger partial charge in [0.2, 0.25) is 0 Å². The number of fused-ring (bicyclic) bond motifs is 10. The highest BCUT2D eigenvalue weighted by Crippen LogP contribution is 2.48. The summed E-state index contributed by atoms with van der Waals surface area (Å²) in [6.07, 6.45) is 6.05. The van der Waals surface area contributed by atoms with E-state index in [2.05, 4.69) is 164 Å². The summed E-state index contributed by atoms with van der Waals surface area (Å²) in [6, 6.07) is 56.8. The van der Waals surface area contributed by atoms with Gasteiger partial charge in [-0.25, -0.2) is 0 Å². The first kappa shape index (κ1) is 31.4. The lowest BCUT2D eigenvalue weighted by Gasteiger charge is -2.18. The fourth-order valence-corrected chi connectivity index (χ4v) is 8.94. The van der Waals surface area contributed by atoms with Crippen LogP contribution < -0.4 is 0 Å². The number of hydrogen-bond acceptors (Lipinski definition) is 2. The number of para-hydroxylation sites is 1. The largest absolute Gasteiger partial charge is 0.455 e. The maximum absolute atomic E-state index is 6.82. The molecule has 55 heavy (non-hydrogen) atoms. The number of benzene rings is 9. The highest BCUT2D eigenvalue weighted by Gasteiger charge is 2.23. The van der Waals surface area contributed by atoms with Crippen LogP contribution in [0.4, 0.5) is 0 Å². The summed E-state index contributed by atoms with van der Waals surface area (Å²) in [7, 11) is 0. The van der Waals surface area contributed by atoms with Gasteiger partial charge in [0.15, 0.2) is 0 Å². The smallest absolute Gasteiger partial charge is 0.144 e. The quantitative estimate of drug-likeness (QED) is 0.167. The molecule has 2 heterocycles. The summed E-state index contributed by atoms with van der Waals surface area (Å²) in [5.41, 5.74) is 12.3. The Morgan fingerprint density at radius 2 is 1.07 bits per heavy atom. The molecule has 0 aliphatic carbocycles. The molecule has 2 nitrogen and oxygen atoms in total. The van der Waals surface area contributed by atoms with Crippen molar-refractivity contribution in [1.82, 2.24) is 0 Å². The zero-order chi connectivity index (χ0) is 36.6. The number of rotatable bonds is 5. The van der Waals surface area contributed by atoms with E-state index < -0.39 is 0 Å². The third kappa shape index (κ3) is 4.68. The molecule has 0 aliphatic heterocycles. The van der Waals surface area contributed by atoms with Gasteiger partial charge < -0.3 is 8.83 Å². The highest BCUT2D eigenvalue weighted by molar-refractivity contribution is 6.29. The van der Waals surface area contributed by atoms with Crippen LogP contribution in [-0.2, 0) is 0 Å². The lowest BCUT2D eigenvalue weighted by Crippen LogP contribution is -1.91. The van der Waals surface area contributed by atoms with Crippen molar-refractivity contribution in [1.29, 1.82) is 0 Å². The zero-order valence-corrected chi connectivity index (χ0v) is 30.3. The van der Waals surface area contributed by atoms with Crippen LogP contribution in [0.1, 0.15) is 18.1 Å². The SMILES string of the molecule is C=Cc1c(/C=C\C)ccc2c1oc1cc(-c3cccc(-c4c5ccccc5c(-c5ccc6ccccc6c5)c5ccccc45)c3)c3oc4ccccc4c3c12. The summed E-state index contributed by atoms with van der Waals surface area (Å²) in [5, 5.41) is 11.6. The Labute approximate surface area is 317 Å². The van der Waals surface area contributed by atoms with E-state index in [-0.39, 0.29) is 0 Å². The lowest BCUT2D eigenvalue weighted by molar-refractivity contribution is 0.663. The zero-order valence-electron chi connectivity index (χ0n) is 30.3. The predicted octanol–water partition coefficient (Wildman–Crippen LogP) is 15.6. The molecule has 2 aromatic heterocycles. The van der Waals surface area contributed by atoms with Crippen molar-refractivity contribution in [2.24, 2.45) is 0 Å². The molecule has 0 bridgehead atoms. The average Bonchev–Trinajstić information content (AvgIpc) is 3.81. The Bertz CT molecular complexity index is 3350. The van der Waals surface area contributed by atoms with Crippen molar-refractivity contribution in [3.8, 4) is 33.4 Å². The molecule has 2 heteroatoms. The summed E-state index contributed by atoms with van der Waals surface area (Å²) in [6.45, 7) is 6.20. The van der Waals surface area contributed by atoms with Gasteiger partial charge in [-0.2, -0.15) is 0 Å². The number of furan rings is 2. The Morgan fingerprint density at radius 1 is 0.455 bits per heavy atom. The molecule has 0 radical (unpaired) electrons. The van der Waals surface area contributed by atoms with Crippen molar-refractivity contribution in [2.75, 3.05) is 0 Å². The molecule has 0 saturated carbocycles. The van der Waals surface area contributed by atoms with Crippen molar-refractivity contribution in [2.45, 2.75) is 6.92 Å². The van der Waals surface area contributed by atoms with Gasteiger partial charge in [0.25, 0.3) is 0 Å². The van der Waals surface area contributed by atoms with Crippen LogP contribution in [0.2, 0.25) is 0 Å². The molecule has 0 unspecified atom stereocenters. The first-order valence-corrected chi connectivity index (χ1v) is 18.8. The first-order valence-electron chi connectivity index (χ1n) is 18.8. The Hall–Kier alpha value is -7.16. The number of allylic oxidation sites excluding steroid dienone is 1. The van der Waals surface area contributed by atoms with E-state index in [9.17, 15) is 0 Å². The standard InChI is InChI=1S/C53H34O2/c1-3-14-33-27-28-44-50-47(55-52(44)38(33)4-2)31-45(53-51(50)43-23-11-12-24-46(43)54-53)35-17-13-18-36(30-35)48-39-19-7-9-21-41(39)49(42-22-10-8-20-40(42)48)37-26-25-32-15-5-6-16-34(32)29-37/h3-31H,2H2,1H3/b14-3-. The van der Waals surface area contributed by atoms with Crippen molar-refractivity contribution in [3.05, 3.63) is 182 Å². The topological polar surface area (TPSA) is 26.3 Å². The molecule has 0 aliphatic rings. The van der Waals surface area contributed by atoms with Gasteiger partial charge in [0.05, 0.1) is 0 Å². The molecule has 0 saturated heterocycles. The molecule has 0 spiro atoms. The average molecular weight is 703 g/mol. The predicted molar refractivity (Wildman–Crippen MR) is 235 cm³/mol. The van der Waals surface area contributed by atoms with E-state index >= 15 is 0 Å². The van der Waals surface area contributed by atoms with Crippen molar-refractivity contribution in [3.63, 3.8) is 0 Å². The maximum atomic E-state index is 6.82. The molecule has 11 rings (SSSR count). The van der Waals surface area contributed by atoms with E-state index in [1.807, 2.05) is 25.1 Å². The van der Waals surface area contributed by atoms with Crippen LogP contribution in [0.15, 0.2) is 179 Å². The van der Waals surface area contributed by atoms with Gasteiger partial charge in [0.1, 0.15) is 22.3 Å². The normalized spacial score (nSPS) is 12.1. The van der Waals surface area contributed by atoms with Gasteiger partial charge in [-0.15, -0.1) is 0 Å². The fourth-order valence-electron chi connectivity index (χ4n) is 8.94. The third-order valence-corrected chi connectivity index (χ3v) is 11.3. The Morgan fingerprint density at radius 3 is 1.78 bits per heavy atom. The van der Waals surface area contributed by atoms with Crippen molar-refractivity contribution < 1.29 is 8.83 Å². The first-order chi connectivity index (χ1) is 27.2. The van der Waals surface area contributed by atoms with E-state index in [0.29, 0.717) is 0 Å². The van der Waals surface area contributed by atoms with Gasteiger partial charge in [-0.3, -0.25) is 0 Å². The van der Waals surface area contributed by atoms with Crippen molar-refractivity contribution >= 4 is 88.3 Å². The fraction of sp³-hybridized carbons (Fsp3) is 0.0189. The molecule has 11 aromatic rings. The van der Waals surface area contributed by atoms with E-state index in [4.69, 9.17) is 8.83 Å². The van der Waals surface area contributed by atoms with Gasteiger partial charge in [-0.05, 0) is 103 Å². The molecular formula is C53H34O2. The molecule has 0 atom stereocenters. The summed E-state index contributed by atoms with van der Waals surface area (Å²) >= 11 is 0. The molecule has 0 fully saturated rings. The van der Waals surface area contributed by atoms with Gasteiger partial charge in [-0.1, -0.05) is 152 Å². The van der Waals surface area contributed by atoms with Crippen LogP contribution in [0.3, 0.4) is 0 Å². The van der Waals surface area contributed by atoms with Crippen LogP contribution >= 0.6 is 0 Å². The minimum absolute atomic E-state index is 0.825. The maximum Gasteiger partial charge on any atom is 0.144 e. The molecule has 0 N–H and O–H groups in total. The van der Waals surface area contributed by atoms with Gasteiger partial charge >= 0.3 is 0 Å². The minimum Gasteiger partial charge on any atom is -0.455 e. The second-order valence-electron chi connectivity index (χ2n) is 14.3. The highest BCUT2D eigenvalue weighted by atomic mass is 16.3. The number of hydrogen-bond donors (Lipinski definition) is 0. The minimum atomic E-state index is 0.825. The Balaban J connectivity index is 1.18. The third-order valence-electron chi connectivity index (χ3n) is 11.3. The Kier molecular flexibility index (Phi) is 6.96. The molecule has 258 valence electrons. The van der Waals surface area contributed by atoms with Crippen LogP contribution in [-0.4, -0.2) is 0 Å². The lowest BCUT2D eigenvalue weighted by atomic mass is 9.85. The van der Waals surface area contributed by atoms with Crippen LogP contribution in [0.25, 0.3) is 122 Å². The summed E-state index contributed by atoms with van der Waals surface area (Å²) in [5.74, 6) is 0. The van der Waals surface area contributed by atoms with E-state index in [1.165, 1.54) is 49.0 Å². The molecule has 0 amide bonds. The molecule has 9 aromatic carbocycles. The summed E-state index contributed by atoms with van der Waals surface area (Å²) < 4.78 is 13.6. The van der Waals surface area contributed by atoms with Crippen LogP contribution in [0.5, 0.6) is 0 Å². The second-order valence-corrected chi connectivity index (χ2v) is 14.3. The van der Waals surface area contributed by atoms with Crippen LogP contribution in [0, 0.1) is 0 Å².